The average Bonchev–Trinajstić information content (AvgIpc) is 2.57. The molecule has 1 heterocycles. The highest BCUT2D eigenvalue weighted by Crippen LogP contribution is 2.40. The zero-order chi connectivity index (χ0) is 17.5. The van der Waals surface area contributed by atoms with Gasteiger partial charge in [-0.05, 0) is 39.3 Å². The maximum absolute atomic E-state index is 12.0. The third-order valence-electron chi connectivity index (χ3n) is 3.54. The fourth-order valence-electron chi connectivity index (χ4n) is 2.59. The van der Waals surface area contributed by atoms with Crippen LogP contribution in [0.15, 0.2) is 34.8 Å². The molecule has 122 valence electrons. The third kappa shape index (κ3) is 3.85. The molecule has 0 aromatic heterocycles. The molecular weight excluding hydrogens is 272 g/mol. The molecule has 3 nitrogen and oxygen atoms in total. The lowest BCUT2D eigenvalue weighted by molar-refractivity contribution is -0.114. The molecule has 2 rings (SSSR count). The van der Waals surface area contributed by atoms with Crippen LogP contribution in [0, 0.1) is 5.41 Å². The first-order chi connectivity index (χ1) is 10.4. The number of ketones is 1. The number of carbonyl (C=O) groups is 1. The van der Waals surface area contributed by atoms with Gasteiger partial charge in [0.2, 0.25) is 0 Å². The molecule has 2 N–H and O–H groups in total. The highest BCUT2D eigenvalue weighted by atomic mass is 16.1. The van der Waals surface area contributed by atoms with Crippen molar-refractivity contribution in [1.29, 1.82) is 0 Å². The summed E-state index contributed by atoms with van der Waals surface area (Å²) in [5.74, 6) is 0.532. The topological polar surface area (TPSA) is 55.5 Å². The molecule has 0 aliphatic carbocycles. The van der Waals surface area contributed by atoms with Gasteiger partial charge in [-0.1, -0.05) is 45.9 Å². The molecule has 0 amide bonds. The second kappa shape index (κ2) is 8.52. The van der Waals surface area contributed by atoms with Crippen molar-refractivity contribution >= 4 is 22.9 Å². The van der Waals surface area contributed by atoms with E-state index in [2.05, 4.69) is 4.99 Å². The van der Waals surface area contributed by atoms with Gasteiger partial charge in [-0.2, -0.15) is 0 Å². The first-order valence-corrected chi connectivity index (χ1v) is 8.02. The zero-order valence-electron chi connectivity index (χ0n) is 15.2. The number of Topliss-reactive ketones (excluding diaryl/α,β-unsaturated/α-hetero) is 1. The van der Waals surface area contributed by atoms with Crippen LogP contribution in [0.4, 0.5) is 5.69 Å². The Morgan fingerprint density at radius 3 is 2.09 bits per heavy atom. The van der Waals surface area contributed by atoms with E-state index >= 15 is 0 Å². The molecule has 22 heavy (non-hydrogen) atoms. The van der Waals surface area contributed by atoms with E-state index in [-0.39, 0.29) is 5.78 Å². The molecule has 0 radical (unpaired) electrons. The van der Waals surface area contributed by atoms with Gasteiger partial charge >= 0.3 is 0 Å². The van der Waals surface area contributed by atoms with Crippen molar-refractivity contribution in [3.05, 3.63) is 35.4 Å². The molecule has 0 atom stereocenters. The highest BCUT2D eigenvalue weighted by molar-refractivity contribution is 6.11. The number of fused-ring (bicyclic) bond motifs is 1. The predicted molar refractivity (Wildman–Crippen MR) is 97.5 cm³/mol. The number of para-hydroxylation sites is 1. The Morgan fingerprint density at radius 1 is 1.09 bits per heavy atom. The quantitative estimate of drug-likeness (QED) is 0.781. The van der Waals surface area contributed by atoms with Crippen LogP contribution in [0.1, 0.15) is 61.0 Å². The molecule has 0 saturated heterocycles. The van der Waals surface area contributed by atoms with Crippen LogP contribution in [-0.2, 0) is 4.79 Å². The number of amidine groups is 1. The Bertz CT molecular complexity index is 581. The number of nitrogens with two attached hydrogens (primary N) is 1. The monoisotopic (exact) mass is 302 g/mol. The van der Waals surface area contributed by atoms with Crippen LogP contribution in [0.25, 0.3) is 5.57 Å². The Morgan fingerprint density at radius 2 is 1.59 bits per heavy atom. The molecule has 0 unspecified atom stereocenters. The summed E-state index contributed by atoms with van der Waals surface area (Å²) in [7, 11) is 0. The smallest absolute Gasteiger partial charge is 0.157 e. The summed E-state index contributed by atoms with van der Waals surface area (Å²) in [4.78, 5) is 16.4. The van der Waals surface area contributed by atoms with E-state index in [0.29, 0.717) is 5.84 Å². The molecular formula is C19H30N2O. The predicted octanol–water partition coefficient (Wildman–Crippen LogP) is 5.13. The van der Waals surface area contributed by atoms with Crippen LogP contribution in [0.2, 0.25) is 0 Å². The third-order valence-corrected chi connectivity index (χ3v) is 3.54. The lowest BCUT2D eigenvalue weighted by Crippen LogP contribution is -2.35. The lowest BCUT2D eigenvalue weighted by atomic mass is 9.78. The van der Waals surface area contributed by atoms with Gasteiger partial charge in [0, 0.05) is 11.1 Å². The number of hydrogen-bond donors (Lipinski definition) is 1. The Kier molecular flexibility index (Phi) is 7.78. The first-order valence-electron chi connectivity index (χ1n) is 8.02. The maximum atomic E-state index is 12.0. The minimum Gasteiger partial charge on any atom is -0.386 e. The minimum absolute atomic E-state index is 0.0485. The molecule has 1 aliphatic rings. The van der Waals surface area contributed by atoms with Gasteiger partial charge in [-0.15, -0.1) is 0 Å². The van der Waals surface area contributed by atoms with Crippen LogP contribution in [0.3, 0.4) is 0 Å². The van der Waals surface area contributed by atoms with Gasteiger partial charge in [0.05, 0.1) is 11.1 Å². The number of allylic oxidation sites excluding steroid dienone is 1. The molecule has 0 saturated carbocycles. The number of hydrogen-bond acceptors (Lipinski definition) is 3. The second-order valence-corrected chi connectivity index (χ2v) is 5.20. The van der Waals surface area contributed by atoms with Crippen molar-refractivity contribution in [2.75, 3.05) is 0 Å². The van der Waals surface area contributed by atoms with Crippen molar-refractivity contribution < 1.29 is 4.79 Å². The van der Waals surface area contributed by atoms with Gasteiger partial charge in [-0.25, -0.2) is 4.99 Å². The number of benzene rings is 1. The molecule has 0 spiro atoms. The van der Waals surface area contributed by atoms with E-state index in [1.54, 1.807) is 6.92 Å². The standard InChI is InChI=1S/C15H18N2O.2C2H6/c1-9-11-7-5-6-8-12(11)17-14(16)15(3,4)13(9)10(2)18;2*1-2/h5-8H,1-4H3,(H2,16,17);2*1-2H3. The van der Waals surface area contributed by atoms with Crippen LogP contribution < -0.4 is 5.73 Å². The van der Waals surface area contributed by atoms with E-state index < -0.39 is 5.41 Å². The summed E-state index contributed by atoms with van der Waals surface area (Å²) < 4.78 is 0. The maximum Gasteiger partial charge on any atom is 0.157 e. The first kappa shape index (κ1) is 20.1. The molecule has 1 aromatic carbocycles. The van der Waals surface area contributed by atoms with E-state index in [0.717, 1.165) is 22.4 Å². The van der Waals surface area contributed by atoms with Gasteiger partial charge in [-0.3, -0.25) is 4.79 Å². The van der Waals surface area contributed by atoms with Crippen molar-refractivity contribution in [3.8, 4) is 0 Å². The van der Waals surface area contributed by atoms with E-state index in [1.807, 2.05) is 72.7 Å². The normalized spacial score (nSPS) is 15.2. The zero-order valence-corrected chi connectivity index (χ0v) is 15.2. The molecule has 0 bridgehead atoms. The van der Waals surface area contributed by atoms with E-state index in [4.69, 9.17) is 5.73 Å². The van der Waals surface area contributed by atoms with Gasteiger partial charge in [0.1, 0.15) is 5.84 Å². The summed E-state index contributed by atoms with van der Waals surface area (Å²) in [6, 6.07) is 7.77. The van der Waals surface area contributed by atoms with Crippen LogP contribution in [-0.4, -0.2) is 11.6 Å². The summed E-state index contributed by atoms with van der Waals surface area (Å²) in [6.07, 6.45) is 0. The van der Waals surface area contributed by atoms with Crippen LogP contribution in [0.5, 0.6) is 0 Å². The summed E-state index contributed by atoms with van der Waals surface area (Å²) in [6.45, 7) is 15.4. The van der Waals surface area contributed by atoms with E-state index in [9.17, 15) is 4.79 Å². The summed E-state index contributed by atoms with van der Waals surface area (Å²) in [5.41, 5.74) is 9.07. The fourth-order valence-corrected chi connectivity index (χ4v) is 2.59. The molecule has 0 fully saturated rings. The largest absolute Gasteiger partial charge is 0.386 e. The molecule has 1 aromatic rings. The number of aliphatic imine (C=N–C) groups is 1. The lowest BCUT2D eigenvalue weighted by Gasteiger charge is -2.26. The second-order valence-electron chi connectivity index (χ2n) is 5.20. The van der Waals surface area contributed by atoms with Crippen molar-refractivity contribution in [2.24, 2.45) is 16.1 Å². The van der Waals surface area contributed by atoms with Crippen LogP contribution >= 0.6 is 0 Å². The highest BCUT2D eigenvalue weighted by Gasteiger charge is 2.34. The molecule has 3 heteroatoms. The Labute approximate surface area is 135 Å². The van der Waals surface area contributed by atoms with Crippen molar-refractivity contribution in [3.63, 3.8) is 0 Å². The van der Waals surface area contributed by atoms with Gasteiger partial charge in [0.15, 0.2) is 5.78 Å². The SMILES string of the molecule is CC.CC.CC(=O)C1=C(C)c2ccccc2N=C(N)C1(C)C. The average molecular weight is 302 g/mol. The molecule has 1 aliphatic heterocycles. The van der Waals surface area contributed by atoms with Gasteiger partial charge in [0.25, 0.3) is 0 Å². The minimum atomic E-state index is -0.533. The van der Waals surface area contributed by atoms with Crippen molar-refractivity contribution in [2.45, 2.75) is 55.4 Å². The Balaban J connectivity index is 0.00000102. The summed E-state index contributed by atoms with van der Waals surface area (Å²) in [5, 5.41) is 0. The number of nitrogens with zero attached hydrogens (tertiary/aromatic N) is 1. The number of carbonyl (C=O) groups excluding carboxylic acids is 1. The fraction of sp³-hybridized carbons (Fsp3) is 0.474. The van der Waals surface area contributed by atoms with Gasteiger partial charge < -0.3 is 5.73 Å². The number of rotatable bonds is 1. The summed E-state index contributed by atoms with van der Waals surface area (Å²) >= 11 is 0. The Hall–Kier alpha value is -1.90. The van der Waals surface area contributed by atoms with E-state index in [1.165, 1.54) is 0 Å². The van der Waals surface area contributed by atoms with Crippen molar-refractivity contribution in [1.82, 2.24) is 0 Å².